The van der Waals surface area contributed by atoms with Crippen molar-refractivity contribution in [3.8, 4) is 0 Å². The monoisotopic (exact) mass is 331 g/mol. The molecule has 0 radical (unpaired) electrons. The maximum atomic E-state index is 12.2. The van der Waals surface area contributed by atoms with Crippen LogP contribution in [0, 0.1) is 0 Å². The highest BCUT2D eigenvalue weighted by Crippen LogP contribution is 2.13. The lowest BCUT2D eigenvalue weighted by molar-refractivity contribution is -0.143. The van der Waals surface area contributed by atoms with Crippen molar-refractivity contribution < 1.29 is 24.0 Å². The number of imide groups is 2. The Balaban J connectivity index is 2.05. The zero-order valence-corrected chi connectivity index (χ0v) is 13.4. The number of rotatable bonds is 6. The fraction of sp³-hybridized carbons (Fsp3) is 0.312. The van der Waals surface area contributed by atoms with Gasteiger partial charge in [0, 0.05) is 25.6 Å². The van der Waals surface area contributed by atoms with Gasteiger partial charge in [-0.3, -0.25) is 24.1 Å². The third-order valence-electron chi connectivity index (χ3n) is 3.57. The van der Waals surface area contributed by atoms with E-state index in [0.29, 0.717) is 17.0 Å². The van der Waals surface area contributed by atoms with Crippen LogP contribution in [0.5, 0.6) is 0 Å². The number of ketones is 1. The molecule has 0 unspecified atom stereocenters. The number of carbonyl (C=O) groups is 5. The quantitative estimate of drug-likeness (QED) is 0.459. The molecule has 2 rings (SSSR count). The first kappa shape index (κ1) is 17.3. The summed E-state index contributed by atoms with van der Waals surface area (Å²) in [6.45, 7) is 2.91. The van der Waals surface area contributed by atoms with Crippen molar-refractivity contribution in [3.63, 3.8) is 0 Å². The number of likely N-dealkylation sites (N-methyl/N-ethyl adjacent to an activating group) is 1. The minimum Gasteiger partial charge on any atom is -0.352 e. The summed E-state index contributed by atoms with van der Waals surface area (Å²) in [6.07, 6.45) is 0. The Morgan fingerprint density at radius 1 is 1.00 bits per heavy atom. The van der Waals surface area contributed by atoms with Crippen molar-refractivity contribution >= 4 is 29.5 Å². The smallest absolute Gasteiger partial charge is 0.334 e. The molecular weight excluding hydrogens is 314 g/mol. The zero-order valence-electron chi connectivity index (χ0n) is 13.4. The normalized spacial score (nSPS) is 14.3. The Morgan fingerprint density at radius 3 is 2.08 bits per heavy atom. The number of hydrogen-bond donors (Lipinski definition) is 1. The SMILES string of the molecule is CCN1C(=O)C(=O)N(CC(=O)c2ccc(CNC(C)=O)cc2)C1=O. The van der Waals surface area contributed by atoms with E-state index in [9.17, 15) is 24.0 Å². The van der Waals surface area contributed by atoms with E-state index in [1.807, 2.05) is 0 Å². The van der Waals surface area contributed by atoms with E-state index in [0.717, 1.165) is 10.5 Å². The highest BCUT2D eigenvalue weighted by molar-refractivity contribution is 6.45. The van der Waals surface area contributed by atoms with Crippen LogP contribution in [0.1, 0.15) is 29.8 Å². The van der Waals surface area contributed by atoms with E-state index in [1.54, 1.807) is 31.2 Å². The first-order chi connectivity index (χ1) is 11.3. The number of hydrogen-bond acceptors (Lipinski definition) is 5. The summed E-state index contributed by atoms with van der Waals surface area (Å²) in [5, 5.41) is 2.63. The molecule has 1 saturated heterocycles. The molecule has 1 aliphatic heterocycles. The minimum absolute atomic E-state index is 0.0753. The van der Waals surface area contributed by atoms with Crippen molar-refractivity contribution in [1.82, 2.24) is 15.1 Å². The fourth-order valence-electron chi connectivity index (χ4n) is 2.24. The molecule has 1 fully saturated rings. The molecule has 0 spiro atoms. The molecule has 0 aromatic heterocycles. The number of urea groups is 1. The molecule has 8 heteroatoms. The summed E-state index contributed by atoms with van der Waals surface area (Å²) in [6, 6.07) is 5.65. The first-order valence-electron chi connectivity index (χ1n) is 7.39. The van der Waals surface area contributed by atoms with Gasteiger partial charge >= 0.3 is 17.8 Å². The summed E-state index contributed by atoms with van der Waals surface area (Å²) < 4.78 is 0. The fourth-order valence-corrected chi connectivity index (χ4v) is 2.24. The molecule has 126 valence electrons. The van der Waals surface area contributed by atoms with Gasteiger partial charge in [-0.15, -0.1) is 0 Å². The van der Waals surface area contributed by atoms with Crippen LogP contribution in [-0.2, 0) is 20.9 Å². The molecule has 8 nitrogen and oxygen atoms in total. The van der Waals surface area contributed by atoms with Crippen molar-refractivity contribution in [1.29, 1.82) is 0 Å². The Morgan fingerprint density at radius 2 is 1.58 bits per heavy atom. The molecule has 1 aliphatic rings. The molecule has 0 bridgehead atoms. The molecule has 0 saturated carbocycles. The first-order valence-corrected chi connectivity index (χ1v) is 7.39. The Hall–Kier alpha value is -3.03. The van der Waals surface area contributed by atoms with Gasteiger partial charge < -0.3 is 5.32 Å². The standard InChI is InChI=1S/C16H17N3O5/c1-3-18-14(22)15(23)19(16(18)24)9-13(21)12-6-4-11(5-7-12)8-17-10(2)20/h4-7H,3,8-9H2,1-2H3,(H,17,20). The van der Waals surface area contributed by atoms with Crippen LogP contribution in [-0.4, -0.2) is 52.4 Å². The topological polar surface area (TPSA) is 104 Å². The van der Waals surface area contributed by atoms with E-state index in [4.69, 9.17) is 0 Å². The third kappa shape index (κ3) is 3.48. The molecule has 24 heavy (non-hydrogen) atoms. The zero-order chi connectivity index (χ0) is 17.9. The number of amides is 5. The maximum Gasteiger partial charge on any atom is 0.334 e. The molecule has 1 aromatic rings. The van der Waals surface area contributed by atoms with Gasteiger partial charge in [0.2, 0.25) is 5.91 Å². The van der Waals surface area contributed by atoms with Crippen LogP contribution in [0.4, 0.5) is 4.79 Å². The van der Waals surface area contributed by atoms with E-state index in [-0.39, 0.29) is 12.5 Å². The lowest BCUT2D eigenvalue weighted by Gasteiger charge is -2.13. The molecule has 1 N–H and O–H groups in total. The average molecular weight is 331 g/mol. The van der Waals surface area contributed by atoms with Crippen molar-refractivity contribution in [2.45, 2.75) is 20.4 Å². The molecule has 1 heterocycles. The third-order valence-corrected chi connectivity index (χ3v) is 3.57. The number of nitrogens with zero attached hydrogens (tertiary/aromatic N) is 2. The van der Waals surface area contributed by atoms with Crippen LogP contribution in [0.25, 0.3) is 0 Å². The Kier molecular flexibility index (Phi) is 5.08. The van der Waals surface area contributed by atoms with Gasteiger partial charge in [-0.25, -0.2) is 9.69 Å². The van der Waals surface area contributed by atoms with Gasteiger partial charge in [-0.1, -0.05) is 24.3 Å². The molecule has 0 atom stereocenters. The lowest BCUT2D eigenvalue weighted by Crippen LogP contribution is -2.37. The van der Waals surface area contributed by atoms with Gasteiger partial charge in [0.15, 0.2) is 5.78 Å². The van der Waals surface area contributed by atoms with Crippen LogP contribution < -0.4 is 5.32 Å². The van der Waals surface area contributed by atoms with Crippen molar-refractivity contribution in [2.24, 2.45) is 0 Å². The van der Waals surface area contributed by atoms with E-state index in [1.165, 1.54) is 6.92 Å². The van der Waals surface area contributed by atoms with E-state index >= 15 is 0 Å². The summed E-state index contributed by atoms with van der Waals surface area (Å²) in [5.74, 6) is -2.52. The second kappa shape index (κ2) is 7.03. The second-order valence-corrected chi connectivity index (χ2v) is 5.25. The Labute approximate surface area is 138 Å². The summed E-state index contributed by atoms with van der Waals surface area (Å²) in [5.41, 5.74) is 1.12. The van der Waals surface area contributed by atoms with Gasteiger partial charge in [0.1, 0.15) is 0 Å². The number of Topliss-reactive ketones (excluding diaryl/α,β-unsaturated/α-hetero) is 1. The minimum atomic E-state index is -0.988. The molecule has 0 aliphatic carbocycles. The molecular formula is C16H17N3O5. The maximum absolute atomic E-state index is 12.2. The summed E-state index contributed by atoms with van der Waals surface area (Å²) in [4.78, 5) is 59.9. The summed E-state index contributed by atoms with van der Waals surface area (Å²) in [7, 11) is 0. The number of carbonyl (C=O) groups excluding carboxylic acids is 5. The Bertz CT molecular complexity index is 711. The van der Waals surface area contributed by atoms with Crippen LogP contribution >= 0.6 is 0 Å². The molecule has 5 amide bonds. The van der Waals surface area contributed by atoms with Crippen molar-refractivity contribution in [2.75, 3.05) is 13.1 Å². The highest BCUT2D eigenvalue weighted by atomic mass is 16.2. The summed E-state index contributed by atoms with van der Waals surface area (Å²) >= 11 is 0. The molecule has 1 aromatic carbocycles. The van der Waals surface area contributed by atoms with Gasteiger partial charge in [0.25, 0.3) is 0 Å². The highest BCUT2D eigenvalue weighted by Gasteiger charge is 2.44. The largest absolute Gasteiger partial charge is 0.352 e. The van der Waals surface area contributed by atoms with Gasteiger partial charge in [-0.05, 0) is 12.5 Å². The van der Waals surface area contributed by atoms with Crippen LogP contribution in [0.15, 0.2) is 24.3 Å². The van der Waals surface area contributed by atoms with Gasteiger partial charge in [0.05, 0.1) is 6.54 Å². The van der Waals surface area contributed by atoms with Crippen LogP contribution in [0.3, 0.4) is 0 Å². The van der Waals surface area contributed by atoms with E-state index in [2.05, 4.69) is 5.32 Å². The predicted molar refractivity (Wildman–Crippen MR) is 82.8 cm³/mol. The van der Waals surface area contributed by atoms with E-state index < -0.39 is 30.2 Å². The predicted octanol–water partition coefficient (Wildman–Crippen LogP) is 0.316. The van der Waals surface area contributed by atoms with Crippen molar-refractivity contribution in [3.05, 3.63) is 35.4 Å². The number of nitrogens with one attached hydrogen (secondary N) is 1. The second-order valence-electron chi connectivity index (χ2n) is 5.25. The van der Waals surface area contributed by atoms with Crippen LogP contribution in [0.2, 0.25) is 0 Å². The lowest BCUT2D eigenvalue weighted by atomic mass is 10.1. The number of benzene rings is 1. The average Bonchev–Trinajstić information content (AvgIpc) is 2.76. The van der Waals surface area contributed by atoms with Gasteiger partial charge in [-0.2, -0.15) is 0 Å².